The van der Waals surface area contributed by atoms with E-state index in [-0.39, 0.29) is 0 Å². The molecule has 0 aromatic rings. The highest BCUT2D eigenvalue weighted by Crippen LogP contribution is 2.53. The average Bonchev–Trinajstić information content (AvgIpc) is 2.61. The van der Waals surface area contributed by atoms with E-state index in [1.54, 1.807) is 0 Å². The van der Waals surface area contributed by atoms with Crippen molar-refractivity contribution in [1.82, 2.24) is 10.6 Å². The summed E-state index contributed by atoms with van der Waals surface area (Å²) in [6, 6.07) is -31.2. The number of ether oxygens (including phenoxy) is 4. The molecule has 6 nitrogen and oxygen atoms in total. The third-order valence-electron chi connectivity index (χ3n) is 3.79. The SMILES string of the molecule is FC1(F)NC(F)(F)C(F)(F)OC(F)(F)C(F)(F)OC(F)(F)C(F)(F)NC(F)(F)C(F)(F)OC(F)(F)C(F)(F)OC1(F)F. The maximum absolute atomic E-state index is 13.4. The fraction of sp³-hybridized carbons (Fsp3) is 1.00. The molecule has 0 aromatic heterocycles. The number of alkyl halides is 24. The second kappa shape index (κ2) is 9.79. The van der Waals surface area contributed by atoms with Gasteiger partial charge in [0.15, 0.2) is 0 Å². The first kappa shape index (κ1) is 38.1. The van der Waals surface area contributed by atoms with Crippen LogP contribution in [0.4, 0.5) is 105 Å². The van der Waals surface area contributed by atoms with Gasteiger partial charge in [0.1, 0.15) is 0 Å². The molecule has 1 saturated heterocycles. The lowest BCUT2D eigenvalue weighted by Crippen LogP contribution is -2.70. The van der Waals surface area contributed by atoms with Crippen LogP contribution in [0.5, 0.6) is 0 Å². The molecule has 1 aliphatic heterocycles. The Morgan fingerprint density at radius 2 is 0.333 bits per heavy atom. The fourth-order valence-corrected chi connectivity index (χ4v) is 1.82. The number of nitrogens with one attached hydrogen (secondary N) is 2. The molecule has 0 aliphatic carbocycles. The van der Waals surface area contributed by atoms with Crippen LogP contribution in [-0.2, 0) is 18.9 Å². The highest BCUT2D eigenvalue weighted by molar-refractivity contribution is 4.90. The third kappa shape index (κ3) is 6.75. The summed E-state index contributed by atoms with van der Waals surface area (Å²) in [6.07, 6.45) is -63.7. The summed E-state index contributed by atoms with van der Waals surface area (Å²) in [5.74, 6) is 0. The second-order valence-corrected chi connectivity index (χ2v) is 7.09. The van der Waals surface area contributed by atoms with E-state index in [0.29, 0.717) is 0 Å². The van der Waals surface area contributed by atoms with Crippen LogP contribution in [0.3, 0.4) is 0 Å². The molecular weight excluding hydrogens is 692 g/mol. The molecule has 0 bridgehead atoms. The van der Waals surface area contributed by atoms with Crippen LogP contribution in [0.2, 0.25) is 0 Å². The molecule has 1 aliphatic rings. The van der Waals surface area contributed by atoms with Crippen molar-refractivity contribution in [2.45, 2.75) is 73.1 Å². The molecule has 1 rings (SSSR count). The van der Waals surface area contributed by atoms with Crippen molar-refractivity contribution < 1.29 is 124 Å². The van der Waals surface area contributed by atoms with Crippen LogP contribution in [0.1, 0.15) is 0 Å². The Labute approximate surface area is 209 Å². The maximum atomic E-state index is 13.4. The highest BCUT2D eigenvalue weighted by atomic mass is 19.4. The second-order valence-electron chi connectivity index (χ2n) is 7.09. The summed E-state index contributed by atoms with van der Waals surface area (Å²) < 4.78 is 325. The molecule has 0 spiro atoms. The van der Waals surface area contributed by atoms with Crippen molar-refractivity contribution in [1.29, 1.82) is 0 Å². The van der Waals surface area contributed by atoms with Crippen LogP contribution in [0, 0.1) is 0 Å². The lowest BCUT2D eigenvalue weighted by Gasteiger charge is -2.39. The summed E-state index contributed by atoms with van der Waals surface area (Å²) in [5, 5.41) is -3.79. The largest absolute Gasteiger partial charge is 0.453 e. The number of rotatable bonds is 0. The summed E-state index contributed by atoms with van der Waals surface area (Å²) in [7, 11) is 0. The minimum absolute atomic E-state index is 1.24. The summed E-state index contributed by atoms with van der Waals surface area (Å²) in [5.41, 5.74) is 0. The Hall–Kier alpha value is -1.92. The number of hydrogen-bond donors (Lipinski definition) is 2. The van der Waals surface area contributed by atoms with Crippen molar-refractivity contribution in [2.75, 3.05) is 0 Å². The predicted molar refractivity (Wildman–Crippen MR) is 70.0 cm³/mol. The molecule has 1 fully saturated rings. The van der Waals surface area contributed by atoms with Crippen LogP contribution in [0.15, 0.2) is 0 Å². The van der Waals surface area contributed by atoms with Crippen LogP contribution in [-0.4, -0.2) is 73.1 Å². The third-order valence-corrected chi connectivity index (χ3v) is 3.79. The Bertz CT molecular complexity index is 722. The minimum atomic E-state index is -7.99. The van der Waals surface area contributed by atoms with E-state index < -0.39 is 83.7 Å². The van der Waals surface area contributed by atoms with E-state index >= 15 is 0 Å². The van der Waals surface area contributed by atoms with Crippen molar-refractivity contribution in [3.05, 3.63) is 0 Å². The van der Waals surface area contributed by atoms with E-state index in [4.69, 9.17) is 0 Å². The smallest absolute Gasteiger partial charge is 0.242 e. The van der Waals surface area contributed by atoms with E-state index in [1.165, 1.54) is 18.9 Å². The lowest BCUT2D eigenvalue weighted by molar-refractivity contribution is -0.561. The Balaban J connectivity index is 3.95. The van der Waals surface area contributed by atoms with Crippen LogP contribution < -0.4 is 10.6 Å². The molecule has 2 N–H and O–H groups in total. The van der Waals surface area contributed by atoms with E-state index in [1.807, 2.05) is 0 Å². The van der Waals surface area contributed by atoms with Gasteiger partial charge < -0.3 is 0 Å². The van der Waals surface area contributed by atoms with Gasteiger partial charge in [0, 0.05) is 0 Å². The molecule has 42 heavy (non-hydrogen) atoms. The van der Waals surface area contributed by atoms with Gasteiger partial charge in [0.25, 0.3) is 0 Å². The van der Waals surface area contributed by atoms with E-state index in [0.717, 1.165) is 0 Å². The molecule has 0 amide bonds. The van der Waals surface area contributed by atoms with Crippen molar-refractivity contribution in [2.24, 2.45) is 0 Å². The Morgan fingerprint density at radius 1 is 0.214 bits per heavy atom. The molecule has 0 radical (unpaired) electrons. The van der Waals surface area contributed by atoms with Crippen molar-refractivity contribution in [3.63, 3.8) is 0 Å². The topological polar surface area (TPSA) is 61.0 Å². The van der Waals surface area contributed by atoms with Gasteiger partial charge >= 0.3 is 73.1 Å². The van der Waals surface area contributed by atoms with Gasteiger partial charge in [-0.2, -0.15) is 116 Å². The average molecular weight is 694 g/mol. The molecule has 0 atom stereocenters. The molecule has 0 unspecified atom stereocenters. The highest BCUT2D eigenvalue weighted by Gasteiger charge is 2.81. The monoisotopic (exact) mass is 694 g/mol. The molecule has 30 heteroatoms. The van der Waals surface area contributed by atoms with Crippen LogP contribution in [0.25, 0.3) is 0 Å². The molecule has 1 heterocycles. The summed E-state index contributed by atoms with van der Waals surface area (Å²) in [6.45, 7) is 0. The quantitative estimate of drug-likeness (QED) is 0.228. The first-order valence-electron chi connectivity index (χ1n) is 8.67. The zero-order valence-electron chi connectivity index (χ0n) is 17.7. The van der Waals surface area contributed by atoms with Gasteiger partial charge in [0.05, 0.1) is 0 Å². The van der Waals surface area contributed by atoms with Gasteiger partial charge in [-0.15, -0.1) is 0 Å². The standard InChI is InChI=1S/C12H2F24N2O4/c13-1(14)5(21,22)39-9(29,30)10(31,32)41-7(25,26)3(17,18)38-4(19,20)8(27,28)42-12(35,36)11(33,34)40-6(23,24)2(15,16)37-1/h37-38H. The first-order chi connectivity index (χ1) is 17.7. The van der Waals surface area contributed by atoms with Crippen molar-refractivity contribution >= 4 is 0 Å². The Kier molecular flexibility index (Phi) is 8.88. The summed E-state index contributed by atoms with van der Waals surface area (Å²) >= 11 is 0. The molecule has 252 valence electrons. The Morgan fingerprint density at radius 3 is 0.452 bits per heavy atom. The van der Waals surface area contributed by atoms with E-state index in [2.05, 4.69) is 0 Å². The van der Waals surface area contributed by atoms with Gasteiger partial charge in [-0.25, -0.2) is 18.9 Å². The number of hydrogen-bond acceptors (Lipinski definition) is 6. The predicted octanol–water partition coefficient (Wildman–Crippen LogP) is 6.36. The zero-order valence-corrected chi connectivity index (χ0v) is 17.7. The lowest BCUT2D eigenvalue weighted by atomic mass is 10.3. The first-order valence-corrected chi connectivity index (χ1v) is 8.67. The maximum Gasteiger partial charge on any atom is 0.453 e. The van der Waals surface area contributed by atoms with Crippen LogP contribution >= 0.6 is 0 Å². The normalized spacial score (nSPS) is 32.6. The summed E-state index contributed by atoms with van der Waals surface area (Å²) in [4.78, 5) is 0. The van der Waals surface area contributed by atoms with Gasteiger partial charge in [-0.05, 0) is 0 Å². The molecule has 0 aromatic carbocycles. The van der Waals surface area contributed by atoms with E-state index in [9.17, 15) is 105 Å². The zero-order chi connectivity index (χ0) is 34.2. The van der Waals surface area contributed by atoms with Gasteiger partial charge in [-0.3, -0.25) is 0 Å². The van der Waals surface area contributed by atoms with Gasteiger partial charge in [0.2, 0.25) is 0 Å². The molecule has 0 saturated carbocycles. The van der Waals surface area contributed by atoms with Crippen molar-refractivity contribution in [3.8, 4) is 0 Å². The molecular formula is C12H2F24N2O4. The minimum Gasteiger partial charge on any atom is -0.242 e. The van der Waals surface area contributed by atoms with Gasteiger partial charge in [-0.1, -0.05) is 0 Å². The fourth-order valence-electron chi connectivity index (χ4n) is 1.82. The number of halogens is 24.